The number of aromatic nitrogens is 3. The molecule has 130 valence electrons. The van der Waals surface area contributed by atoms with Crippen molar-refractivity contribution in [1.29, 1.82) is 0 Å². The van der Waals surface area contributed by atoms with E-state index in [0.717, 1.165) is 16.3 Å². The summed E-state index contributed by atoms with van der Waals surface area (Å²) in [6.45, 7) is 4.55. The van der Waals surface area contributed by atoms with Crippen molar-refractivity contribution in [3.63, 3.8) is 0 Å². The van der Waals surface area contributed by atoms with Gasteiger partial charge in [0, 0.05) is 13.0 Å². The van der Waals surface area contributed by atoms with E-state index in [-0.39, 0.29) is 11.9 Å². The van der Waals surface area contributed by atoms with Crippen molar-refractivity contribution >= 4 is 29.5 Å². The maximum atomic E-state index is 12.4. The Morgan fingerprint density at radius 1 is 1.36 bits per heavy atom. The van der Waals surface area contributed by atoms with Crippen molar-refractivity contribution in [1.82, 2.24) is 20.1 Å². The van der Waals surface area contributed by atoms with Crippen LogP contribution in [0.15, 0.2) is 41.8 Å². The number of thiophene rings is 1. The van der Waals surface area contributed by atoms with Gasteiger partial charge in [-0.15, -0.1) is 11.3 Å². The average Bonchev–Trinajstić information content (AvgIpc) is 3.23. The number of carbonyl (C=O) groups excluding carboxylic acids is 1. The SMILES string of the molecule is Cc1ccccc1C(C)NC(=O)CCn1c(-c2cccs2)n[nH]c1=S. The van der Waals surface area contributed by atoms with Crippen LogP contribution in [0.2, 0.25) is 0 Å². The van der Waals surface area contributed by atoms with E-state index in [1.54, 1.807) is 11.3 Å². The van der Waals surface area contributed by atoms with E-state index >= 15 is 0 Å². The second-order valence-electron chi connectivity index (χ2n) is 5.88. The van der Waals surface area contributed by atoms with Crippen LogP contribution in [0.1, 0.15) is 30.5 Å². The quantitative estimate of drug-likeness (QED) is 0.636. The first-order valence-electron chi connectivity index (χ1n) is 8.10. The average molecular weight is 373 g/mol. The van der Waals surface area contributed by atoms with Crippen molar-refractivity contribution in [3.8, 4) is 10.7 Å². The largest absolute Gasteiger partial charge is 0.350 e. The van der Waals surface area contributed by atoms with E-state index in [0.29, 0.717) is 17.7 Å². The van der Waals surface area contributed by atoms with E-state index < -0.39 is 0 Å². The highest BCUT2D eigenvalue weighted by molar-refractivity contribution is 7.71. The van der Waals surface area contributed by atoms with Crippen molar-refractivity contribution < 1.29 is 4.79 Å². The lowest BCUT2D eigenvalue weighted by atomic mass is 10.0. The molecule has 0 aliphatic carbocycles. The predicted octanol–water partition coefficient (Wildman–Crippen LogP) is 4.25. The molecule has 0 aliphatic rings. The summed E-state index contributed by atoms with van der Waals surface area (Å²) in [5.74, 6) is 0.774. The molecule has 1 unspecified atom stereocenters. The van der Waals surface area contributed by atoms with Gasteiger partial charge in [0.2, 0.25) is 5.91 Å². The minimum absolute atomic E-state index is 0.00372. The molecular formula is C18H20N4OS2. The van der Waals surface area contributed by atoms with Gasteiger partial charge >= 0.3 is 0 Å². The zero-order chi connectivity index (χ0) is 17.8. The number of hydrogen-bond donors (Lipinski definition) is 2. The number of hydrogen-bond acceptors (Lipinski definition) is 4. The summed E-state index contributed by atoms with van der Waals surface area (Å²) in [7, 11) is 0. The molecule has 25 heavy (non-hydrogen) atoms. The van der Waals surface area contributed by atoms with Crippen molar-refractivity contribution in [2.75, 3.05) is 0 Å². The Balaban J connectivity index is 1.65. The second kappa shape index (κ2) is 7.76. The zero-order valence-corrected chi connectivity index (χ0v) is 15.8. The molecule has 1 amide bonds. The van der Waals surface area contributed by atoms with Gasteiger partial charge in [-0.1, -0.05) is 30.3 Å². The third-order valence-electron chi connectivity index (χ3n) is 4.09. The third-order valence-corrected chi connectivity index (χ3v) is 5.27. The molecule has 1 aromatic carbocycles. The minimum atomic E-state index is -0.0252. The molecule has 0 saturated heterocycles. The standard InChI is InChI=1S/C18H20N4OS2/c1-12-6-3-4-7-14(12)13(2)19-16(23)9-10-22-17(20-21-18(22)24)15-8-5-11-25-15/h3-8,11,13H,9-10H2,1-2H3,(H,19,23)(H,21,24). The van der Waals surface area contributed by atoms with Crippen LogP contribution in [0.25, 0.3) is 10.7 Å². The summed E-state index contributed by atoms with van der Waals surface area (Å²) in [5, 5.41) is 12.1. The molecular weight excluding hydrogens is 352 g/mol. The second-order valence-corrected chi connectivity index (χ2v) is 7.21. The number of aryl methyl sites for hydroxylation is 1. The van der Waals surface area contributed by atoms with Gasteiger partial charge in [-0.05, 0) is 48.6 Å². The van der Waals surface area contributed by atoms with Gasteiger partial charge in [-0.25, -0.2) is 0 Å². The maximum Gasteiger partial charge on any atom is 0.222 e. The van der Waals surface area contributed by atoms with Crippen molar-refractivity contribution in [2.45, 2.75) is 32.9 Å². The summed E-state index contributed by atoms with van der Waals surface area (Å²) >= 11 is 6.90. The lowest BCUT2D eigenvalue weighted by Crippen LogP contribution is -2.28. The molecule has 0 fully saturated rings. The molecule has 0 saturated carbocycles. The number of benzene rings is 1. The number of nitrogens with one attached hydrogen (secondary N) is 2. The van der Waals surface area contributed by atoms with Crippen LogP contribution in [0, 0.1) is 11.7 Å². The first kappa shape index (κ1) is 17.6. The van der Waals surface area contributed by atoms with Gasteiger partial charge in [-0.2, -0.15) is 5.10 Å². The fourth-order valence-electron chi connectivity index (χ4n) is 2.80. The summed E-state index contributed by atoms with van der Waals surface area (Å²) < 4.78 is 2.40. The molecule has 3 aromatic rings. The van der Waals surface area contributed by atoms with Crippen LogP contribution in [-0.2, 0) is 11.3 Å². The molecule has 2 N–H and O–H groups in total. The molecule has 2 heterocycles. The van der Waals surface area contributed by atoms with Gasteiger partial charge in [0.05, 0.1) is 10.9 Å². The first-order chi connectivity index (χ1) is 12.1. The molecule has 3 rings (SSSR count). The highest BCUT2D eigenvalue weighted by Gasteiger charge is 2.14. The summed E-state index contributed by atoms with van der Waals surface area (Å²) in [4.78, 5) is 13.4. The number of H-pyrrole nitrogens is 1. The van der Waals surface area contributed by atoms with Crippen LogP contribution in [0.3, 0.4) is 0 Å². The van der Waals surface area contributed by atoms with E-state index in [9.17, 15) is 4.79 Å². The van der Waals surface area contributed by atoms with Gasteiger partial charge < -0.3 is 5.32 Å². The predicted molar refractivity (Wildman–Crippen MR) is 103 cm³/mol. The Labute approximate surface area is 155 Å². The highest BCUT2D eigenvalue weighted by Crippen LogP contribution is 2.23. The molecule has 1 atom stereocenters. The Kier molecular flexibility index (Phi) is 5.45. The fourth-order valence-corrected chi connectivity index (χ4v) is 3.74. The molecule has 2 aromatic heterocycles. The van der Waals surface area contributed by atoms with Gasteiger partial charge in [0.1, 0.15) is 0 Å². The number of carbonyl (C=O) groups is 1. The molecule has 0 bridgehead atoms. The molecule has 0 aliphatic heterocycles. The summed E-state index contributed by atoms with van der Waals surface area (Å²) in [6, 6.07) is 12.0. The van der Waals surface area contributed by atoms with E-state index in [1.807, 2.05) is 47.2 Å². The Bertz CT molecular complexity index is 911. The number of amides is 1. The molecule has 0 spiro atoms. The summed E-state index contributed by atoms with van der Waals surface area (Å²) in [6.07, 6.45) is 0.350. The first-order valence-corrected chi connectivity index (χ1v) is 9.39. The monoisotopic (exact) mass is 372 g/mol. The van der Waals surface area contributed by atoms with Crippen LogP contribution >= 0.6 is 23.6 Å². The smallest absolute Gasteiger partial charge is 0.222 e. The maximum absolute atomic E-state index is 12.4. The van der Waals surface area contributed by atoms with E-state index in [2.05, 4.69) is 28.5 Å². The van der Waals surface area contributed by atoms with Crippen molar-refractivity contribution in [2.24, 2.45) is 0 Å². The van der Waals surface area contributed by atoms with Gasteiger partial charge in [0.15, 0.2) is 10.6 Å². The highest BCUT2D eigenvalue weighted by atomic mass is 32.1. The zero-order valence-electron chi connectivity index (χ0n) is 14.2. The molecule has 0 radical (unpaired) electrons. The lowest BCUT2D eigenvalue weighted by Gasteiger charge is -2.16. The van der Waals surface area contributed by atoms with Gasteiger partial charge in [0.25, 0.3) is 0 Å². The van der Waals surface area contributed by atoms with E-state index in [4.69, 9.17) is 12.2 Å². The fraction of sp³-hybridized carbons (Fsp3) is 0.278. The normalized spacial score (nSPS) is 12.1. The molecule has 5 nitrogen and oxygen atoms in total. The topological polar surface area (TPSA) is 62.7 Å². The summed E-state index contributed by atoms with van der Waals surface area (Å²) in [5.41, 5.74) is 2.31. The van der Waals surface area contributed by atoms with Gasteiger partial charge in [-0.3, -0.25) is 14.5 Å². The minimum Gasteiger partial charge on any atom is -0.350 e. The van der Waals surface area contributed by atoms with E-state index in [1.165, 1.54) is 5.56 Å². The third kappa shape index (κ3) is 4.05. The van der Waals surface area contributed by atoms with Crippen LogP contribution in [0.4, 0.5) is 0 Å². The Hall–Kier alpha value is -2.25. The molecule has 7 heteroatoms. The van der Waals surface area contributed by atoms with Crippen LogP contribution < -0.4 is 5.32 Å². The van der Waals surface area contributed by atoms with Crippen LogP contribution in [-0.4, -0.2) is 20.7 Å². The lowest BCUT2D eigenvalue weighted by molar-refractivity contribution is -0.121. The Morgan fingerprint density at radius 2 is 2.16 bits per heavy atom. The van der Waals surface area contributed by atoms with Crippen LogP contribution in [0.5, 0.6) is 0 Å². The number of nitrogens with zero attached hydrogens (tertiary/aromatic N) is 2. The number of aromatic amines is 1. The Morgan fingerprint density at radius 3 is 2.88 bits per heavy atom. The van der Waals surface area contributed by atoms with Crippen molar-refractivity contribution in [3.05, 3.63) is 57.7 Å². The number of rotatable bonds is 6.